The van der Waals surface area contributed by atoms with E-state index < -0.39 is 18.4 Å². The first-order chi connectivity index (χ1) is 12.5. The van der Waals surface area contributed by atoms with Crippen molar-refractivity contribution in [2.45, 2.75) is 0 Å². The molecule has 0 bridgehead atoms. The topological polar surface area (TPSA) is 88.0 Å². The van der Waals surface area contributed by atoms with Gasteiger partial charge in [-0.3, -0.25) is 4.79 Å². The van der Waals surface area contributed by atoms with Crippen LogP contribution in [0.3, 0.4) is 0 Å². The number of aliphatic imine (C=N–C) groups is 1. The molecular weight excluding hydrogens is 359 g/mol. The zero-order valence-electron chi connectivity index (χ0n) is 13.3. The van der Waals surface area contributed by atoms with Gasteiger partial charge in [-0.25, -0.2) is 14.2 Å². The van der Waals surface area contributed by atoms with Crippen LogP contribution in [0.2, 0.25) is 0 Å². The van der Waals surface area contributed by atoms with Gasteiger partial charge in [0.05, 0.1) is 4.91 Å². The molecule has 1 fully saturated rings. The molecule has 1 amide bonds. The lowest BCUT2D eigenvalue weighted by Gasteiger charge is -2.03. The molecule has 0 radical (unpaired) electrons. The standard InChI is InChI=1S/C18H13FN2O4S/c19-13-3-1-2-4-14(13)20-18-21-17(24)15(26-18)9-11-5-7-12(8-6-11)25-10-16(22)23/h1-9H,10H2,(H,22,23)(H,20,21,24)/b15-9+. The number of thioether (sulfide) groups is 1. The molecule has 1 aliphatic heterocycles. The number of nitrogens with one attached hydrogen (secondary N) is 1. The van der Waals surface area contributed by atoms with Crippen LogP contribution in [-0.2, 0) is 9.59 Å². The van der Waals surface area contributed by atoms with E-state index in [9.17, 15) is 14.0 Å². The van der Waals surface area contributed by atoms with Crippen LogP contribution >= 0.6 is 11.8 Å². The number of amides is 1. The van der Waals surface area contributed by atoms with Gasteiger partial charge in [-0.05, 0) is 47.7 Å². The number of carboxylic acid groups (broad SMARTS) is 1. The highest BCUT2D eigenvalue weighted by molar-refractivity contribution is 8.18. The molecule has 0 aliphatic carbocycles. The van der Waals surface area contributed by atoms with Gasteiger partial charge in [0, 0.05) is 0 Å². The van der Waals surface area contributed by atoms with Crippen molar-refractivity contribution < 1.29 is 23.8 Å². The number of ether oxygens (including phenoxy) is 1. The van der Waals surface area contributed by atoms with E-state index >= 15 is 0 Å². The molecule has 0 saturated carbocycles. The number of carbonyl (C=O) groups excluding carboxylic acids is 1. The van der Waals surface area contributed by atoms with E-state index in [4.69, 9.17) is 9.84 Å². The number of nitrogens with zero attached hydrogens (tertiary/aromatic N) is 1. The number of halogens is 1. The molecule has 1 aliphatic rings. The first-order valence-electron chi connectivity index (χ1n) is 7.50. The number of carbonyl (C=O) groups is 2. The minimum absolute atomic E-state index is 0.150. The molecule has 0 unspecified atom stereocenters. The average Bonchev–Trinajstić information content (AvgIpc) is 2.95. The molecule has 1 saturated heterocycles. The fraction of sp³-hybridized carbons (Fsp3) is 0.0556. The van der Waals surface area contributed by atoms with Crippen molar-refractivity contribution in [1.82, 2.24) is 5.32 Å². The SMILES string of the molecule is O=C(O)COc1ccc(/C=C2/SC(=Nc3ccccc3F)NC2=O)cc1. The summed E-state index contributed by atoms with van der Waals surface area (Å²) in [6.07, 6.45) is 1.66. The summed E-state index contributed by atoms with van der Waals surface area (Å²) in [7, 11) is 0. The zero-order valence-corrected chi connectivity index (χ0v) is 14.1. The van der Waals surface area contributed by atoms with Crippen molar-refractivity contribution in [2.24, 2.45) is 4.99 Å². The van der Waals surface area contributed by atoms with E-state index in [-0.39, 0.29) is 11.6 Å². The Labute approximate surface area is 152 Å². The number of benzene rings is 2. The van der Waals surface area contributed by atoms with Gasteiger partial charge in [0.15, 0.2) is 11.8 Å². The lowest BCUT2D eigenvalue weighted by Crippen LogP contribution is -2.19. The summed E-state index contributed by atoms with van der Waals surface area (Å²) < 4.78 is 18.7. The van der Waals surface area contributed by atoms with Crippen LogP contribution in [-0.4, -0.2) is 28.8 Å². The van der Waals surface area contributed by atoms with Crippen molar-refractivity contribution in [3.05, 3.63) is 64.8 Å². The summed E-state index contributed by atoms with van der Waals surface area (Å²) in [5, 5.41) is 11.5. The number of rotatable bonds is 5. The molecule has 6 nitrogen and oxygen atoms in total. The van der Waals surface area contributed by atoms with Gasteiger partial charge in [-0.1, -0.05) is 24.3 Å². The van der Waals surface area contributed by atoms with E-state index in [1.165, 1.54) is 12.1 Å². The molecule has 1 heterocycles. The van der Waals surface area contributed by atoms with Crippen LogP contribution < -0.4 is 10.1 Å². The van der Waals surface area contributed by atoms with Crippen LogP contribution in [0.1, 0.15) is 5.56 Å². The lowest BCUT2D eigenvalue weighted by atomic mass is 10.2. The molecule has 26 heavy (non-hydrogen) atoms. The Hall–Kier alpha value is -3.13. The summed E-state index contributed by atoms with van der Waals surface area (Å²) in [5.74, 6) is -1.43. The van der Waals surface area contributed by atoms with Crippen LogP contribution in [0, 0.1) is 5.82 Å². The van der Waals surface area contributed by atoms with Gasteiger partial charge in [0.2, 0.25) is 0 Å². The second-order valence-corrected chi connectivity index (χ2v) is 6.22. The average molecular weight is 372 g/mol. The molecule has 0 aromatic heterocycles. The summed E-state index contributed by atoms with van der Waals surface area (Å²) in [5.41, 5.74) is 0.883. The maximum Gasteiger partial charge on any atom is 0.341 e. The van der Waals surface area contributed by atoms with Crippen LogP contribution in [0.25, 0.3) is 6.08 Å². The maximum absolute atomic E-state index is 13.6. The van der Waals surface area contributed by atoms with Gasteiger partial charge in [-0.2, -0.15) is 0 Å². The number of para-hydroxylation sites is 1. The largest absolute Gasteiger partial charge is 0.482 e. The first kappa shape index (κ1) is 17.7. The third kappa shape index (κ3) is 4.48. The Morgan fingerprint density at radius 3 is 2.65 bits per heavy atom. The maximum atomic E-state index is 13.6. The summed E-state index contributed by atoms with van der Waals surface area (Å²) in [4.78, 5) is 27.0. The highest BCUT2D eigenvalue weighted by Gasteiger charge is 2.24. The monoisotopic (exact) mass is 372 g/mol. The molecule has 0 atom stereocenters. The smallest absolute Gasteiger partial charge is 0.341 e. The van der Waals surface area contributed by atoms with Crippen LogP contribution in [0.5, 0.6) is 5.75 Å². The third-order valence-corrected chi connectivity index (χ3v) is 4.18. The Balaban J connectivity index is 1.72. The summed E-state index contributed by atoms with van der Waals surface area (Å²) >= 11 is 1.11. The highest BCUT2D eigenvalue weighted by atomic mass is 32.2. The minimum atomic E-state index is -1.06. The Morgan fingerprint density at radius 2 is 1.96 bits per heavy atom. The predicted molar refractivity (Wildman–Crippen MR) is 96.8 cm³/mol. The highest BCUT2D eigenvalue weighted by Crippen LogP contribution is 2.29. The molecule has 2 aromatic rings. The fourth-order valence-electron chi connectivity index (χ4n) is 2.09. The Kier molecular flexibility index (Phi) is 5.33. The summed E-state index contributed by atoms with van der Waals surface area (Å²) in [6.45, 7) is -0.422. The fourth-order valence-corrected chi connectivity index (χ4v) is 2.92. The van der Waals surface area contributed by atoms with Crippen molar-refractivity contribution in [3.8, 4) is 5.75 Å². The van der Waals surface area contributed by atoms with Crippen molar-refractivity contribution in [1.29, 1.82) is 0 Å². The second kappa shape index (κ2) is 7.83. The molecule has 132 valence electrons. The number of carboxylic acids is 1. The van der Waals surface area contributed by atoms with Crippen LogP contribution in [0.15, 0.2) is 58.4 Å². The van der Waals surface area contributed by atoms with Gasteiger partial charge < -0.3 is 15.2 Å². The van der Waals surface area contributed by atoms with E-state index in [1.54, 1.807) is 42.5 Å². The summed E-state index contributed by atoms with van der Waals surface area (Å²) in [6, 6.07) is 12.7. The quantitative estimate of drug-likeness (QED) is 0.787. The van der Waals surface area contributed by atoms with Crippen LogP contribution in [0.4, 0.5) is 10.1 Å². The van der Waals surface area contributed by atoms with Gasteiger partial charge in [0.1, 0.15) is 17.3 Å². The first-order valence-corrected chi connectivity index (χ1v) is 8.32. The number of hydrogen-bond acceptors (Lipinski definition) is 5. The third-order valence-electron chi connectivity index (χ3n) is 3.27. The van der Waals surface area contributed by atoms with Gasteiger partial charge >= 0.3 is 5.97 Å². The molecule has 2 N–H and O–H groups in total. The number of hydrogen-bond donors (Lipinski definition) is 2. The van der Waals surface area contributed by atoms with Gasteiger partial charge in [0.25, 0.3) is 5.91 Å². The van der Waals surface area contributed by atoms with Crippen molar-refractivity contribution in [2.75, 3.05) is 6.61 Å². The number of aliphatic carboxylic acids is 1. The lowest BCUT2D eigenvalue weighted by molar-refractivity contribution is -0.139. The van der Waals surface area contributed by atoms with Crippen molar-refractivity contribution in [3.63, 3.8) is 0 Å². The molecule has 8 heteroatoms. The van der Waals surface area contributed by atoms with Crippen molar-refractivity contribution >= 4 is 40.6 Å². The zero-order chi connectivity index (χ0) is 18.5. The molecule has 3 rings (SSSR count). The normalized spacial score (nSPS) is 16.7. The number of amidine groups is 1. The Bertz CT molecular complexity index is 910. The molecule has 0 spiro atoms. The predicted octanol–water partition coefficient (Wildman–Crippen LogP) is 3.18. The van der Waals surface area contributed by atoms with E-state index in [0.29, 0.717) is 15.8 Å². The van der Waals surface area contributed by atoms with E-state index in [0.717, 1.165) is 17.3 Å². The van der Waals surface area contributed by atoms with E-state index in [2.05, 4.69) is 10.3 Å². The second-order valence-electron chi connectivity index (χ2n) is 5.18. The van der Waals surface area contributed by atoms with Gasteiger partial charge in [-0.15, -0.1) is 0 Å². The Morgan fingerprint density at radius 1 is 1.23 bits per heavy atom. The molecule has 2 aromatic carbocycles. The minimum Gasteiger partial charge on any atom is -0.482 e. The van der Waals surface area contributed by atoms with E-state index in [1.807, 2.05) is 0 Å². The molecular formula is C18H13FN2O4S.